The SMILES string of the molecule is CNC(=O)C(CC(C)C)NC(=O)c1ccc(S(C)(=O)=O)cc1. The molecule has 1 aromatic carbocycles. The lowest BCUT2D eigenvalue weighted by Gasteiger charge is -2.19. The number of nitrogens with one attached hydrogen (secondary N) is 2. The predicted molar refractivity (Wildman–Crippen MR) is 84.3 cm³/mol. The topological polar surface area (TPSA) is 92.3 Å². The maximum Gasteiger partial charge on any atom is 0.251 e. The van der Waals surface area contributed by atoms with E-state index in [2.05, 4.69) is 10.6 Å². The van der Waals surface area contributed by atoms with Gasteiger partial charge in [0.1, 0.15) is 6.04 Å². The zero-order chi connectivity index (χ0) is 16.9. The van der Waals surface area contributed by atoms with Crippen molar-refractivity contribution in [2.24, 2.45) is 5.92 Å². The Labute approximate surface area is 131 Å². The molecule has 0 fully saturated rings. The van der Waals surface area contributed by atoms with E-state index in [1.54, 1.807) is 0 Å². The van der Waals surface area contributed by atoms with E-state index < -0.39 is 21.8 Å². The Morgan fingerprint density at radius 3 is 2.09 bits per heavy atom. The maximum absolute atomic E-state index is 12.2. The number of hydrogen-bond acceptors (Lipinski definition) is 4. The Bertz CT molecular complexity index is 636. The van der Waals surface area contributed by atoms with Gasteiger partial charge in [-0.2, -0.15) is 0 Å². The van der Waals surface area contributed by atoms with Gasteiger partial charge in [-0.1, -0.05) is 13.8 Å². The second-order valence-electron chi connectivity index (χ2n) is 5.57. The van der Waals surface area contributed by atoms with Crippen molar-refractivity contribution in [3.63, 3.8) is 0 Å². The minimum Gasteiger partial charge on any atom is -0.357 e. The monoisotopic (exact) mass is 326 g/mol. The predicted octanol–water partition coefficient (Wildman–Crippen LogP) is 0.981. The molecular formula is C15H22N2O4S. The fourth-order valence-corrected chi connectivity index (χ4v) is 2.60. The van der Waals surface area contributed by atoms with Crippen LogP contribution in [0.4, 0.5) is 0 Å². The van der Waals surface area contributed by atoms with E-state index in [9.17, 15) is 18.0 Å². The van der Waals surface area contributed by atoms with Crippen LogP contribution in [0.15, 0.2) is 29.2 Å². The molecule has 0 saturated carbocycles. The molecule has 0 saturated heterocycles. The normalized spacial score (nSPS) is 12.8. The van der Waals surface area contributed by atoms with Crippen LogP contribution in [0.1, 0.15) is 30.6 Å². The van der Waals surface area contributed by atoms with Gasteiger partial charge in [-0.15, -0.1) is 0 Å². The number of carbonyl (C=O) groups excluding carboxylic acids is 2. The molecule has 0 radical (unpaired) electrons. The zero-order valence-electron chi connectivity index (χ0n) is 13.2. The molecule has 22 heavy (non-hydrogen) atoms. The number of likely N-dealkylation sites (N-methyl/N-ethyl adjacent to an activating group) is 1. The van der Waals surface area contributed by atoms with Crippen LogP contribution in [0, 0.1) is 5.92 Å². The molecule has 2 amide bonds. The Kier molecular flexibility index (Phi) is 6.11. The van der Waals surface area contributed by atoms with Crippen LogP contribution in [0.2, 0.25) is 0 Å². The van der Waals surface area contributed by atoms with Crippen LogP contribution in [0.25, 0.3) is 0 Å². The first kappa shape index (κ1) is 18.2. The van der Waals surface area contributed by atoms with Crippen molar-refractivity contribution in [2.45, 2.75) is 31.2 Å². The number of hydrogen-bond donors (Lipinski definition) is 2. The van der Waals surface area contributed by atoms with E-state index in [0.29, 0.717) is 12.0 Å². The number of sulfone groups is 1. The summed E-state index contributed by atoms with van der Waals surface area (Å²) < 4.78 is 22.8. The highest BCUT2D eigenvalue weighted by Gasteiger charge is 2.21. The number of amides is 2. The fraction of sp³-hybridized carbons (Fsp3) is 0.467. The van der Waals surface area contributed by atoms with Crippen molar-refractivity contribution < 1.29 is 18.0 Å². The van der Waals surface area contributed by atoms with Crippen molar-refractivity contribution in [3.05, 3.63) is 29.8 Å². The molecule has 0 heterocycles. The average molecular weight is 326 g/mol. The maximum atomic E-state index is 12.2. The summed E-state index contributed by atoms with van der Waals surface area (Å²) in [6, 6.07) is 5.00. The molecule has 0 aliphatic carbocycles. The van der Waals surface area contributed by atoms with Gasteiger partial charge in [0, 0.05) is 18.9 Å². The average Bonchev–Trinajstić information content (AvgIpc) is 2.44. The second kappa shape index (κ2) is 7.40. The molecule has 0 bridgehead atoms. The molecule has 1 aromatic rings. The van der Waals surface area contributed by atoms with E-state index >= 15 is 0 Å². The van der Waals surface area contributed by atoms with Crippen molar-refractivity contribution in [1.29, 1.82) is 0 Å². The van der Waals surface area contributed by atoms with Crippen LogP contribution in [-0.2, 0) is 14.6 Å². The highest BCUT2D eigenvalue weighted by Crippen LogP contribution is 2.11. The lowest BCUT2D eigenvalue weighted by molar-refractivity contribution is -0.122. The van der Waals surface area contributed by atoms with Crippen LogP contribution in [0.5, 0.6) is 0 Å². The molecule has 1 rings (SSSR count). The number of carbonyl (C=O) groups is 2. The quantitative estimate of drug-likeness (QED) is 0.815. The summed E-state index contributed by atoms with van der Waals surface area (Å²) in [5.41, 5.74) is 0.310. The van der Waals surface area contributed by atoms with E-state index in [-0.39, 0.29) is 16.7 Å². The standard InChI is InChI=1S/C15H22N2O4S/c1-10(2)9-13(15(19)16-3)17-14(18)11-5-7-12(8-6-11)22(4,20)21/h5-8,10,13H,9H2,1-4H3,(H,16,19)(H,17,18). The molecule has 0 aliphatic heterocycles. The van der Waals surface area contributed by atoms with Gasteiger partial charge in [0.05, 0.1) is 4.90 Å². The summed E-state index contributed by atoms with van der Waals surface area (Å²) in [5.74, 6) is -0.417. The van der Waals surface area contributed by atoms with Gasteiger partial charge >= 0.3 is 0 Å². The van der Waals surface area contributed by atoms with E-state index in [1.807, 2.05) is 13.8 Å². The third-order valence-corrected chi connectivity index (χ3v) is 4.25. The van der Waals surface area contributed by atoms with Gasteiger partial charge in [0.25, 0.3) is 5.91 Å². The Morgan fingerprint density at radius 1 is 1.14 bits per heavy atom. The Morgan fingerprint density at radius 2 is 1.68 bits per heavy atom. The van der Waals surface area contributed by atoms with Gasteiger partial charge in [-0.05, 0) is 36.6 Å². The molecule has 0 aliphatic rings. The van der Waals surface area contributed by atoms with Gasteiger partial charge in [-0.3, -0.25) is 9.59 Å². The van der Waals surface area contributed by atoms with Crippen molar-refractivity contribution >= 4 is 21.7 Å². The van der Waals surface area contributed by atoms with E-state index in [1.165, 1.54) is 31.3 Å². The third kappa shape index (κ3) is 5.14. The number of rotatable bonds is 6. The number of benzene rings is 1. The molecule has 0 aromatic heterocycles. The van der Waals surface area contributed by atoms with E-state index in [4.69, 9.17) is 0 Å². The minimum atomic E-state index is -3.30. The summed E-state index contributed by atoms with van der Waals surface area (Å²) in [4.78, 5) is 24.1. The lowest BCUT2D eigenvalue weighted by atomic mass is 10.0. The first-order valence-electron chi connectivity index (χ1n) is 6.97. The van der Waals surface area contributed by atoms with Crippen LogP contribution < -0.4 is 10.6 Å². The van der Waals surface area contributed by atoms with Crippen molar-refractivity contribution in [2.75, 3.05) is 13.3 Å². The zero-order valence-corrected chi connectivity index (χ0v) is 14.0. The Balaban J connectivity index is 2.88. The molecule has 0 spiro atoms. The fourth-order valence-electron chi connectivity index (χ4n) is 1.97. The summed E-state index contributed by atoms with van der Waals surface area (Å²) in [6.45, 7) is 3.92. The Hall–Kier alpha value is -1.89. The summed E-state index contributed by atoms with van der Waals surface area (Å²) in [7, 11) is -1.78. The molecule has 1 unspecified atom stereocenters. The van der Waals surface area contributed by atoms with Crippen LogP contribution >= 0.6 is 0 Å². The van der Waals surface area contributed by atoms with Gasteiger partial charge in [0.2, 0.25) is 5.91 Å². The third-order valence-electron chi connectivity index (χ3n) is 3.12. The van der Waals surface area contributed by atoms with Gasteiger partial charge in [-0.25, -0.2) is 8.42 Å². The summed E-state index contributed by atoms with van der Waals surface area (Å²) in [6.07, 6.45) is 1.62. The van der Waals surface area contributed by atoms with Gasteiger partial charge in [0.15, 0.2) is 9.84 Å². The lowest BCUT2D eigenvalue weighted by Crippen LogP contribution is -2.46. The molecule has 2 N–H and O–H groups in total. The highest BCUT2D eigenvalue weighted by atomic mass is 32.2. The van der Waals surface area contributed by atoms with E-state index in [0.717, 1.165) is 6.26 Å². The molecule has 1 atom stereocenters. The smallest absolute Gasteiger partial charge is 0.251 e. The van der Waals surface area contributed by atoms with Gasteiger partial charge < -0.3 is 10.6 Å². The minimum absolute atomic E-state index is 0.147. The van der Waals surface area contributed by atoms with Crippen molar-refractivity contribution in [1.82, 2.24) is 10.6 Å². The molecular weight excluding hydrogens is 304 g/mol. The second-order valence-corrected chi connectivity index (χ2v) is 7.58. The van der Waals surface area contributed by atoms with Crippen LogP contribution in [-0.4, -0.2) is 39.6 Å². The van der Waals surface area contributed by atoms with Crippen molar-refractivity contribution in [3.8, 4) is 0 Å². The largest absolute Gasteiger partial charge is 0.357 e. The molecule has 122 valence electrons. The first-order chi connectivity index (χ1) is 10.1. The first-order valence-corrected chi connectivity index (χ1v) is 8.87. The molecule has 6 nitrogen and oxygen atoms in total. The molecule has 7 heteroatoms. The summed E-state index contributed by atoms with van der Waals surface area (Å²) in [5, 5.41) is 5.20. The highest BCUT2D eigenvalue weighted by molar-refractivity contribution is 7.90. The van der Waals surface area contributed by atoms with Crippen LogP contribution in [0.3, 0.4) is 0 Å². The summed E-state index contributed by atoms with van der Waals surface area (Å²) >= 11 is 0.